The lowest BCUT2D eigenvalue weighted by Crippen LogP contribution is -2.36. The first kappa shape index (κ1) is 37.7. The second kappa shape index (κ2) is 16.1. The second-order valence-electron chi connectivity index (χ2n) is 16.5. The Kier molecular flexibility index (Phi) is 10.9. The van der Waals surface area contributed by atoms with Crippen molar-refractivity contribution in [2.75, 3.05) is 18.0 Å². The van der Waals surface area contributed by atoms with Gasteiger partial charge in [-0.1, -0.05) is 154 Å². The van der Waals surface area contributed by atoms with E-state index in [9.17, 15) is 0 Å². The third-order valence-corrected chi connectivity index (χ3v) is 12.4. The molecule has 0 aromatic heterocycles. The maximum absolute atomic E-state index is 6.94. The molecule has 0 fully saturated rings. The van der Waals surface area contributed by atoms with Crippen molar-refractivity contribution in [3.63, 3.8) is 0 Å². The third kappa shape index (κ3) is 7.17. The Morgan fingerprint density at radius 2 is 1.32 bits per heavy atom. The average molecular weight is 754 g/mol. The highest BCUT2D eigenvalue weighted by molar-refractivity contribution is 6.30. The Bertz CT molecular complexity index is 2370. The number of hydrogen-bond acceptors (Lipinski definition) is 1. The van der Waals surface area contributed by atoms with E-state index in [0.29, 0.717) is 5.92 Å². The van der Waals surface area contributed by atoms with Crippen LogP contribution in [-0.2, 0) is 30.1 Å². The van der Waals surface area contributed by atoms with Gasteiger partial charge in [-0.3, -0.25) is 0 Å². The summed E-state index contributed by atoms with van der Waals surface area (Å²) in [5.41, 5.74) is 11.5. The zero-order valence-corrected chi connectivity index (χ0v) is 34.1. The number of halogens is 1. The topological polar surface area (TPSA) is 6.25 Å². The van der Waals surface area contributed by atoms with Gasteiger partial charge in [0.2, 0.25) is 5.69 Å². The molecule has 8 rings (SSSR count). The van der Waals surface area contributed by atoms with Crippen molar-refractivity contribution in [1.82, 2.24) is 0 Å². The Balaban J connectivity index is 1.34. The molecule has 3 heteroatoms. The molecular weight excluding hydrogens is 700 g/mol. The highest BCUT2D eigenvalue weighted by Crippen LogP contribution is 2.53. The van der Waals surface area contributed by atoms with Crippen molar-refractivity contribution in [3.05, 3.63) is 202 Å². The molecule has 6 aromatic carbocycles. The standard InChI is InChI=1S/C53H54ClN2/c1-5-33-55-48-30-28-43-24-15-16-25-45(43)51(48)52(4,36-40-18-9-6-10-19-40)49(55)26-17-27-50-53(37-41-20-11-7-12-21-41,38-42-22-13-8-14-23-42)46-35-44(54)29-31-47(46)56(50)34-32-39(2)3/h6-31,35,39H,5,32-34,36-38H2,1-4H3/q+1. The summed E-state index contributed by atoms with van der Waals surface area (Å²) >= 11 is 6.94. The molecule has 56 heavy (non-hydrogen) atoms. The highest BCUT2D eigenvalue weighted by atomic mass is 35.5. The molecular formula is C53H54ClN2+. The van der Waals surface area contributed by atoms with Crippen molar-refractivity contribution in [2.24, 2.45) is 5.92 Å². The summed E-state index contributed by atoms with van der Waals surface area (Å²) in [6.45, 7) is 11.3. The molecule has 2 nitrogen and oxygen atoms in total. The van der Waals surface area contributed by atoms with E-state index in [0.717, 1.165) is 50.2 Å². The molecule has 0 aliphatic carbocycles. The predicted octanol–water partition coefficient (Wildman–Crippen LogP) is 13.2. The monoisotopic (exact) mass is 753 g/mol. The molecule has 0 spiro atoms. The summed E-state index contributed by atoms with van der Waals surface area (Å²) in [5, 5.41) is 3.43. The van der Waals surface area contributed by atoms with Gasteiger partial charge >= 0.3 is 0 Å². The molecule has 282 valence electrons. The average Bonchev–Trinajstić information content (AvgIpc) is 3.58. The Morgan fingerprint density at radius 1 is 0.714 bits per heavy atom. The lowest BCUT2D eigenvalue weighted by Gasteiger charge is -2.35. The number of rotatable bonds is 13. The molecule has 2 aliphatic heterocycles. The van der Waals surface area contributed by atoms with Crippen molar-refractivity contribution in [2.45, 2.75) is 70.6 Å². The summed E-state index contributed by atoms with van der Waals surface area (Å²) in [6, 6.07) is 53.3. The van der Waals surface area contributed by atoms with Gasteiger partial charge in [0.25, 0.3) is 0 Å². The fraction of sp³-hybridized carbons (Fsp3) is 0.264. The number of benzene rings is 6. The number of hydrogen-bond donors (Lipinski definition) is 0. The van der Waals surface area contributed by atoms with E-state index in [4.69, 9.17) is 11.6 Å². The molecule has 2 aliphatic rings. The van der Waals surface area contributed by atoms with Crippen molar-refractivity contribution in [3.8, 4) is 0 Å². The largest absolute Gasteiger partial charge is 0.344 e. The van der Waals surface area contributed by atoms with Crippen LogP contribution in [-0.4, -0.2) is 23.4 Å². The van der Waals surface area contributed by atoms with E-state index in [-0.39, 0.29) is 10.8 Å². The van der Waals surface area contributed by atoms with Gasteiger partial charge in [-0.05, 0) is 102 Å². The minimum atomic E-state index is -0.333. The fourth-order valence-corrected chi connectivity index (χ4v) is 9.80. The van der Waals surface area contributed by atoms with Crippen molar-refractivity contribution in [1.29, 1.82) is 0 Å². The normalized spacial score (nSPS) is 18.1. The Hall–Kier alpha value is -5.18. The van der Waals surface area contributed by atoms with Crippen molar-refractivity contribution < 1.29 is 4.58 Å². The fourth-order valence-electron chi connectivity index (χ4n) is 9.63. The van der Waals surface area contributed by atoms with E-state index in [1.807, 2.05) is 0 Å². The summed E-state index contributed by atoms with van der Waals surface area (Å²) < 4.78 is 2.61. The summed E-state index contributed by atoms with van der Waals surface area (Å²) in [7, 11) is 0. The summed E-state index contributed by atoms with van der Waals surface area (Å²) in [6.07, 6.45) is 12.1. The zero-order chi connectivity index (χ0) is 38.7. The minimum Gasteiger partial charge on any atom is -0.344 e. The zero-order valence-electron chi connectivity index (χ0n) is 33.4. The van der Waals surface area contributed by atoms with Gasteiger partial charge in [-0.25, -0.2) is 0 Å². The van der Waals surface area contributed by atoms with E-state index >= 15 is 0 Å². The van der Waals surface area contributed by atoms with E-state index in [2.05, 4.69) is 201 Å². The van der Waals surface area contributed by atoms with E-state index in [1.54, 1.807) is 0 Å². The second-order valence-corrected chi connectivity index (χ2v) is 17.0. The minimum absolute atomic E-state index is 0.240. The maximum atomic E-state index is 6.94. The van der Waals surface area contributed by atoms with E-state index < -0.39 is 0 Å². The highest BCUT2D eigenvalue weighted by Gasteiger charge is 2.50. The lowest BCUT2D eigenvalue weighted by molar-refractivity contribution is -0.437. The molecule has 6 aromatic rings. The summed E-state index contributed by atoms with van der Waals surface area (Å²) in [4.78, 5) is 2.62. The van der Waals surface area contributed by atoms with Gasteiger partial charge in [0.1, 0.15) is 6.54 Å². The predicted molar refractivity (Wildman–Crippen MR) is 239 cm³/mol. The number of allylic oxidation sites excluding steroid dienone is 4. The van der Waals surface area contributed by atoms with Gasteiger partial charge in [0.05, 0.1) is 5.41 Å². The number of nitrogens with zero attached hydrogens (tertiary/aromatic N) is 2. The summed E-state index contributed by atoms with van der Waals surface area (Å²) in [5.74, 6) is 0.574. The molecule has 0 saturated heterocycles. The van der Waals surface area contributed by atoms with E-state index in [1.165, 1.54) is 61.4 Å². The number of fused-ring (bicyclic) bond motifs is 4. The molecule has 1 unspecified atom stereocenters. The molecule has 2 heterocycles. The van der Waals surface area contributed by atoms with Gasteiger partial charge in [-0.15, -0.1) is 0 Å². The van der Waals surface area contributed by atoms with Crippen LogP contribution in [0.25, 0.3) is 10.8 Å². The molecule has 0 saturated carbocycles. The Morgan fingerprint density at radius 3 is 1.95 bits per heavy atom. The first-order valence-electron chi connectivity index (χ1n) is 20.6. The maximum Gasteiger partial charge on any atom is 0.210 e. The molecule has 0 N–H and O–H groups in total. The van der Waals surface area contributed by atoms with Crippen molar-refractivity contribution >= 4 is 39.5 Å². The van der Waals surface area contributed by atoms with Crippen LogP contribution in [0.1, 0.15) is 68.4 Å². The van der Waals surface area contributed by atoms with Gasteiger partial charge in [0, 0.05) is 52.5 Å². The van der Waals surface area contributed by atoms with Gasteiger partial charge < -0.3 is 4.90 Å². The smallest absolute Gasteiger partial charge is 0.210 e. The molecule has 0 radical (unpaired) electrons. The number of anilines is 1. The van der Waals surface area contributed by atoms with Gasteiger partial charge in [0.15, 0.2) is 5.71 Å². The molecule has 0 amide bonds. The Labute approximate surface area is 339 Å². The lowest BCUT2D eigenvalue weighted by atomic mass is 9.70. The van der Waals surface area contributed by atoms with Gasteiger partial charge in [-0.2, -0.15) is 4.58 Å². The van der Waals surface area contributed by atoms with Crippen LogP contribution in [0.4, 0.5) is 11.4 Å². The van der Waals surface area contributed by atoms with Crippen LogP contribution >= 0.6 is 11.6 Å². The molecule has 0 bridgehead atoms. The van der Waals surface area contributed by atoms with Crippen LogP contribution in [0.3, 0.4) is 0 Å². The quantitative estimate of drug-likeness (QED) is 0.106. The van der Waals surface area contributed by atoms with Crippen LogP contribution in [0.15, 0.2) is 170 Å². The van der Waals surface area contributed by atoms with Crippen LogP contribution in [0.2, 0.25) is 5.02 Å². The van der Waals surface area contributed by atoms with Crippen LogP contribution in [0.5, 0.6) is 0 Å². The SMILES string of the molecule is CCC[N+]1=C(C=CC=C2N(CCC(C)C)c3ccc(Cl)cc3C2(Cc2ccccc2)Cc2ccccc2)C(C)(Cc2ccccc2)c2c1ccc1ccccc21. The third-order valence-electron chi connectivity index (χ3n) is 12.1. The van der Waals surface area contributed by atoms with Crippen LogP contribution in [0, 0.1) is 5.92 Å². The van der Waals surface area contributed by atoms with Crippen LogP contribution < -0.4 is 4.90 Å². The first-order chi connectivity index (χ1) is 27.3. The first-order valence-corrected chi connectivity index (χ1v) is 20.9. The molecule has 1 atom stereocenters.